The predicted octanol–water partition coefficient (Wildman–Crippen LogP) is 2.07. The molecule has 0 radical (unpaired) electrons. The zero-order chi connectivity index (χ0) is 13.9. The van der Waals surface area contributed by atoms with Crippen molar-refractivity contribution in [1.29, 1.82) is 0 Å². The monoisotopic (exact) mass is 256 g/mol. The molecule has 1 heterocycles. The van der Waals surface area contributed by atoms with Crippen LogP contribution >= 0.6 is 0 Å². The molecular weight excluding hydrogens is 232 g/mol. The molecule has 0 aromatic carbocycles. The quantitative estimate of drug-likeness (QED) is 0.809. The lowest BCUT2D eigenvalue weighted by atomic mass is 10.0. The predicted molar refractivity (Wildman–Crippen MR) is 69.4 cm³/mol. The number of amides is 2. The van der Waals surface area contributed by atoms with Gasteiger partial charge in [-0.15, -0.1) is 0 Å². The van der Waals surface area contributed by atoms with Crippen molar-refractivity contribution in [1.82, 2.24) is 10.2 Å². The number of hydrogen-bond acceptors (Lipinski definition) is 2. The summed E-state index contributed by atoms with van der Waals surface area (Å²) in [6.45, 7) is 7.46. The third kappa shape index (κ3) is 3.15. The first-order valence-electron chi connectivity index (χ1n) is 6.70. The van der Waals surface area contributed by atoms with E-state index in [1.807, 2.05) is 11.8 Å². The third-order valence-corrected chi connectivity index (χ3v) is 3.98. The summed E-state index contributed by atoms with van der Waals surface area (Å²) in [4.78, 5) is 24.9. The molecule has 0 bridgehead atoms. The van der Waals surface area contributed by atoms with Crippen LogP contribution in [0.2, 0.25) is 0 Å². The standard InChI is InChI=1S/C13H24N2O3/c1-5-11-7-6-8(2)15(11)13(18)14-10(4)9(3)12(16)17/h8-11H,5-7H2,1-4H3,(H,14,18)(H,16,17). The minimum Gasteiger partial charge on any atom is -0.481 e. The molecule has 1 saturated heterocycles. The van der Waals surface area contributed by atoms with E-state index in [4.69, 9.17) is 5.11 Å². The Morgan fingerprint density at radius 1 is 1.39 bits per heavy atom. The van der Waals surface area contributed by atoms with Crippen LogP contribution in [0.15, 0.2) is 0 Å². The molecule has 0 aromatic heterocycles. The number of carbonyl (C=O) groups excluding carboxylic acids is 1. The van der Waals surface area contributed by atoms with E-state index in [0.717, 1.165) is 19.3 Å². The SMILES string of the molecule is CCC1CCC(C)N1C(=O)NC(C)C(C)C(=O)O. The molecule has 0 aromatic rings. The summed E-state index contributed by atoms with van der Waals surface area (Å²) in [5.74, 6) is -1.46. The average Bonchev–Trinajstić information content (AvgIpc) is 2.68. The lowest BCUT2D eigenvalue weighted by Crippen LogP contribution is -2.50. The number of nitrogens with zero attached hydrogens (tertiary/aromatic N) is 1. The molecule has 104 valence electrons. The number of aliphatic carboxylic acids is 1. The van der Waals surface area contributed by atoms with Crippen molar-refractivity contribution in [3.05, 3.63) is 0 Å². The first kappa shape index (κ1) is 14.8. The van der Waals surface area contributed by atoms with Gasteiger partial charge in [0.1, 0.15) is 0 Å². The summed E-state index contributed by atoms with van der Waals surface area (Å²) in [6, 6.07) is 0.0300. The highest BCUT2D eigenvalue weighted by Crippen LogP contribution is 2.26. The third-order valence-electron chi connectivity index (χ3n) is 3.98. The number of nitrogens with one attached hydrogen (secondary N) is 1. The fourth-order valence-electron chi connectivity index (χ4n) is 2.45. The van der Waals surface area contributed by atoms with Crippen molar-refractivity contribution < 1.29 is 14.7 Å². The Hall–Kier alpha value is -1.26. The molecule has 0 saturated carbocycles. The van der Waals surface area contributed by atoms with Gasteiger partial charge in [0.2, 0.25) is 0 Å². The van der Waals surface area contributed by atoms with Gasteiger partial charge in [0.15, 0.2) is 0 Å². The molecule has 18 heavy (non-hydrogen) atoms. The van der Waals surface area contributed by atoms with Crippen molar-refractivity contribution >= 4 is 12.0 Å². The van der Waals surface area contributed by atoms with Crippen LogP contribution in [0, 0.1) is 5.92 Å². The highest BCUT2D eigenvalue weighted by Gasteiger charge is 2.34. The van der Waals surface area contributed by atoms with Crippen LogP contribution < -0.4 is 5.32 Å². The molecule has 0 spiro atoms. The second-order valence-electron chi connectivity index (χ2n) is 5.26. The number of rotatable bonds is 4. The van der Waals surface area contributed by atoms with Crippen LogP contribution in [0.1, 0.15) is 47.0 Å². The smallest absolute Gasteiger partial charge is 0.318 e. The number of likely N-dealkylation sites (tertiary alicyclic amines) is 1. The molecule has 4 unspecified atom stereocenters. The van der Waals surface area contributed by atoms with E-state index < -0.39 is 11.9 Å². The van der Waals surface area contributed by atoms with Gasteiger partial charge in [-0.25, -0.2) is 4.79 Å². The van der Waals surface area contributed by atoms with E-state index in [1.54, 1.807) is 13.8 Å². The lowest BCUT2D eigenvalue weighted by Gasteiger charge is -2.30. The Kier molecular flexibility index (Phi) is 4.99. The van der Waals surface area contributed by atoms with Gasteiger partial charge in [0, 0.05) is 18.1 Å². The van der Waals surface area contributed by atoms with E-state index in [2.05, 4.69) is 12.2 Å². The zero-order valence-electron chi connectivity index (χ0n) is 11.6. The lowest BCUT2D eigenvalue weighted by molar-refractivity contribution is -0.141. The molecule has 1 rings (SSSR count). The molecule has 1 aliphatic heterocycles. The highest BCUT2D eigenvalue weighted by molar-refractivity contribution is 5.77. The van der Waals surface area contributed by atoms with Gasteiger partial charge in [-0.05, 0) is 40.0 Å². The Morgan fingerprint density at radius 3 is 2.50 bits per heavy atom. The van der Waals surface area contributed by atoms with E-state index in [-0.39, 0.29) is 24.2 Å². The van der Waals surface area contributed by atoms with Crippen LogP contribution in [0.25, 0.3) is 0 Å². The van der Waals surface area contributed by atoms with Crippen LogP contribution in [-0.2, 0) is 4.79 Å². The molecule has 5 nitrogen and oxygen atoms in total. The molecule has 1 fully saturated rings. The van der Waals surface area contributed by atoms with Crippen LogP contribution in [-0.4, -0.2) is 40.1 Å². The topological polar surface area (TPSA) is 69.6 Å². The number of carboxylic acid groups (broad SMARTS) is 1. The summed E-state index contributed by atoms with van der Waals surface area (Å²) in [5.41, 5.74) is 0. The van der Waals surface area contributed by atoms with E-state index in [9.17, 15) is 9.59 Å². The van der Waals surface area contributed by atoms with E-state index in [1.165, 1.54) is 0 Å². The number of carbonyl (C=O) groups is 2. The van der Waals surface area contributed by atoms with Crippen LogP contribution in [0.3, 0.4) is 0 Å². The minimum absolute atomic E-state index is 0.132. The molecule has 1 aliphatic rings. The molecule has 2 amide bonds. The Balaban J connectivity index is 2.61. The van der Waals surface area contributed by atoms with E-state index >= 15 is 0 Å². The minimum atomic E-state index is -0.885. The number of carboxylic acids is 1. The molecule has 2 N–H and O–H groups in total. The van der Waals surface area contributed by atoms with Gasteiger partial charge in [-0.3, -0.25) is 4.79 Å². The molecular formula is C13H24N2O3. The second kappa shape index (κ2) is 6.07. The maximum atomic E-state index is 12.2. The van der Waals surface area contributed by atoms with Gasteiger partial charge >= 0.3 is 12.0 Å². The molecule has 5 heteroatoms. The Labute approximate surface area is 109 Å². The number of urea groups is 1. The summed E-state index contributed by atoms with van der Waals surface area (Å²) >= 11 is 0. The van der Waals surface area contributed by atoms with Gasteiger partial charge in [0.25, 0.3) is 0 Å². The zero-order valence-corrected chi connectivity index (χ0v) is 11.6. The van der Waals surface area contributed by atoms with Gasteiger partial charge in [0.05, 0.1) is 5.92 Å². The maximum Gasteiger partial charge on any atom is 0.318 e. The van der Waals surface area contributed by atoms with Gasteiger partial charge < -0.3 is 15.3 Å². The summed E-state index contributed by atoms with van der Waals surface area (Å²) in [7, 11) is 0. The largest absolute Gasteiger partial charge is 0.481 e. The van der Waals surface area contributed by atoms with Crippen molar-refractivity contribution in [3.63, 3.8) is 0 Å². The average molecular weight is 256 g/mol. The fourth-order valence-corrected chi connectivity index (χ4v) is 2.45. The summed E-state index contributed by atoms with van der Waals surface area (Å²) in [5, 5.41) is 11.7. The number of hydrogen-bond donors (Lipinski definition) is 2. The van der Waals surface area contributed by atoms with Crippen molar-refractivity contribution in [3.8, 4) is 0 Å². The van der Waals surface area contributed by atoms with Crippen molar-refractivity contribution in [2.45, 2.75) is 65.1 Å². The Bertz CT molecular complexity index is 319. The molecule has 4 atom stereocenters. The first-order valence-corrected chi connectivity index (χ1v) is 6.70. The normalized spacial score (nSPS) is 26.8. The van der Waals surface area contributed by atoms with Crippen molar-refractivity contribution in [2.24, 2.45) is 5.92 Å². The van der Waals surface area contributed by atoms with Gasteiger partial charge in [-0.1, -0.05) is 6.92 Å². The summed E-state index contributed by atoms with van der Waals surface area (Å²) in [6.07, 6.45) is 3.00. The first-order chi connectivity index (χ1) is 8.38. The van der Waals surface area contributed by atoms with Crippen LogP contribution in [0.5, 0.6) is 0 Å². The van der Waals surface area contributed by atoms with Crippen molar-refractivity contribution in [2.75, 3.05) is 0 Å². The second-order valence-corrected chi connectivity index (χ2v) is 5.26. The highest BCUT2D eigenvalue weighted by atomic mass is 16.4. The van der Waals surface area contributed by atoms with Gasteiger partial charge in [-0.2, -0.15) is 0 Å². The fraction of sp³-hybridized carbons (Fsp3) is 0.846. The van der Waals surface area contributed by atoms with Crippen LogP contribution in [0.4, 0.5) is 4.79 Å². The summed E-state index contributed by atoms with van der Waals surface area (Å²) < 4.78 is 0. The Morgan fingerprint density at radius 2 is 2.00 bits per heavy atom. The van der Waals surface area contributed by atoms with E-state index in [0.29, 0.717) is 0 Å². The molecule has 0 aliphatic carbocycles. The maximum absolute atomic E-state index is 12.2.